The molecule has 0 amide bonds. The van der Waals surface area contributed by atoms with E-state index in [2.05, 4.69) is 12.0 Å². The lowest BCUT2D eigenvalue weighted by molar-refractivity contribution is -0.384. The summed E-state index contributed by atoms with van der Waals surface area (Å²) in [6, 6.07) is 0.205. The van der Waals surface area contributed by atoms with Crippen molar-refractivity contribution in [1.82, 2.24) is 9.78 Å². The maximum absolute atomic E-state index is 10.9. The van der Waals surface area contributed by atoms with E-state index in [1.165, 1.54) is 6.42 Å². The summed E-state index contributed by atoms with van der Waals surface area (Å²) in [6.07, 6.45) is 4.50. The highest BCUT2D eigenvalue weighted by atomic mass is 16.6. The van der Waals surface area contributed by atoms with Gasteiger partial charge in [0.05, 0.1) is 11.0 Å². The number of anilines is 1. The number of rotatable bonds is 2. The molecule has 1 saturated carbocycles. The third-order valence-corrected chi connectivity index (χ3v) is 3.65. The number of nitro groups is 1. The van der Waals surface area contributed by atoms with Crippen LogP contribution in [-0.2, 0) is 0 Å². The first-order valence-electron chi connectivity index (χ1n) is 6.01. The van der Waals surface area contributed by atoms with Crippen molar-refractivity contribution in [2.75, 3.05) is 5.73 Å². The van der Waals surface area contributed by atoms with Crippen molar-refractivity contribution in [3.63, 3.8) is 0 Å². The zero-order valence-electron chi connectivity index (χ0n) is 10.2. The molecule has 1 aliphatic rings. The molecule has 1 aromatic heterocycles. The van der Waals surface area contributed by atoms with Gasteiger partial charge in [-0.05, 0) is 25.7 Å². The van der Waals surface area contributed by atoms with Gasteiger partial charge in [-0.15, -0.1) is 0 Å². The first-order valence-corrected chi connectivity index (χ1v) is 6.01. The first kappa shape index (κ1) is 11.9. The average Bonchev–Trinajstić information content (AvgIpc) is 2.55. The maximum atomic E-state index is 10.9. The van der Waals surface area contributed by atoms with Crippen LogP contribution in [0.15, 0.2) is 0 Å². The topological polar surface area (TPSA) is 87.0 Å². The second-order valence-electron chi connectivity index (χ2n) is 4.85. The summed E-state index contributed by atoms with van der Waals surface area (Å²) in [5, 5.41) is 15.1. The molecule has 2 atom stereocenters. The Kier molecular flexibility index (Phi) is 3.04. The molecule has 0 aromatic carbocycles. The van der Waals surface area contributed by atoms with Crippen LogP contribution in [0.3, 0.4) is 0 Å². The predicted molar refractivity (Wildman–Crippen MR) is 64.7 cm³/mol. The van der Waals surface area contributed by atoms with Gasteiger partial charge in [-0.25, -0.2) is 4.68 Å². The van der Waals surface area contributed by atoms with Crippen molar-refractivity contribution in [3.8, 4) is 0 Å². The van der Waals surface area contributed by atoms with Crippen LogP contribution in [0.25, 0.3) is 0 Å². The van der Waals surface area contributed by atoms with Crippen LogP contribution < -0.4 is 5.73 Å². The highest BCUT2D eigenvalue weighted by Crippen LogP contribution is 2.37. The quantitative estimate of drug-likeness (QED) is 0.633. The van der Waals surface area contributed by atoms with E-state index in [4.69, 9.17) is 5.73 Å². The van der Waals surface area contributed by atoms with E-state index in [0.29, 0.717) is 11.6 Å². The lowest BCUT2D eigenvalue weighted by atomic mass is 9.86. The molecule has 17 heavy (non-hydrogen) atoms. The predicted octanol–water partition coefficient (Wildman–Crippen LogP) is 2.43. The summed E-state index contributed by atoms with van der Waals surface area (Å²) in [6.45, 7) is 3.80. The zero-order valence-corrected chi connectivity index (χ0v) is 10.2. The second-order valence-corrected chi connectivity index (χ2v) is 4.85. The Bertz CT molecular complexity index is 441. The van der Waals surface area contributed by atoms with Gasteiger partial charge < -0.3 is 5.73 Å². The van der Waals surface area contributed by atoms with E-state index < -0.39 is 4.92 Å². The van der Waals surface area contributed by atoms with Crippen molar-refractivity contribution in [3.05, 3.63) is 15.8 Å². The van der Waals surface area contributed by atoms with E-state index >= 15 is 0 Å². The number of nitrogen functional groups attached to an aromatic ring is 1. The molecule has 1 aliphatic carbocycles. The van der Waals surface area contributed by atoms with Crippen molar-refractivity contribution in [2.24, 2.45) is 5.92 Å². The number of hydrogen-bond donors (Lipinski definition) is 1. The molecule has 6 heteroatoms. The van der Waals surface area contributed by atoms with Crippen LogP contribution in [0.2, 0.25) is 0 Å². The van der Waals surface area contributed by atoms with Crippen LogP contribution >= 0.6 is 0 Å². The fraction of sp³-hybridized carbons (Fsp3) is 0.727. The molecular formula is C11H18N4O2. The molecule has 2 rings (SSSR count). The summed E-state index contributed by atoms with van der Waals surface area (Å²) >= 11 is 0. The Morgan fingerprint density at radius 3 is 2.65 bits per heavy atom. The smallest absolute Gasteiger partial charge is 0.333 e. The van der Waals surface area contributed by atoms with E-state index in [1.54, 1.807) is 11.6 Å². The van der Waals surface area contributed by atoms with Crippen molar-refractivity contribution in [2.45, 2.75) is 45.6 Å². The summed E-state index contributed by atoms with van der Waals surface area (Å²) in [5.74, 6) is 0.677. The van der Waals surface area contributed by atoms with Gasteiger partial charge in [-0.1, -0.05) is 19.8 Å². The van der Waals surface area contributed by atoms with E-state index in [1.807, 2.05) is 0 Å². The molecule has 1 heterocycles. The van der Waals surface area contributed by atoms with Gasteiger partial charge in [0, 0.05) is 0 Å². The minimum Gasteiger partial charge on any atom is -0.378 e. The molecule has 0 radical (unpaired) electrons. The summed E-state index contributed by atoms with van der Waals surface area (Å²) < 4.78 is 1.66. The zero-order chi connectivity index (χ0) is 12.6. The normalized spacial score (nSPS) is 24.8. The van der Waals surface area contributed by atoms with Crippen LogP contribution in [-0.4, -0.2) is 14.7 Å². The third-order valence-electron chi connectivity index (χ3n) is 3.65. The molecule has 2 N–H and O–H groups in total. The highest BCUT2D eigenvalue weighted by Gasteiger charge is 2.30. The molecule has 0 aliphatic heterocycles. The van der Waals surface area contributed by atoms with Crippen LogP contribution in [0.1, 0.15) is 44.3 Å². The van der Waals surface area contributed by atoms with E-state index in [0.717, 1.165) is 19.3 Å². The maximum Gasteiger partial charge on any atom is 0.333 e. The Morgan fingerprint density at radius 1 is 1.47 bits per heavy atom. The number of aryl methyl sites for hydroxylation is 1. The minimum atomic E-state index is -0.443. The monoisotopic (exact) mass is 238 g/mol. The summed E-state index contributed by atoms with van der Waals surface area (Å²) in [4.78, 5) is 10.4. The van der Waals surface area contributed by atoms with Crippen LogP contribution in [0.5, 0.6) is 0 Å². The first-order chi connectivity index (χ1) is 8.02. The lowest BCUT2D eigenvalue weighted by Crippen LogP contribution is -2.23. The van der Waals surface area contributed by atoms with E-state index in [-0.39, 0.29) is 17.5 Å². The standard InChI is InChI=1S/C11H18N4O2/c1-7-5-3-4-6-9(7)14-11(12)10(15(16)17)8(2)13-14/h7,9H,3-6,12H2,1-2H3. The number of aromatic nitrogens is 2. The van der Waals surface area contributed by atoms with E-state index in [9.17, 15) is 10.1 Å². The van der Waals surface area contributed by atoms with Crippen LogP contribution in [0, 0.1) is 23.0 Å². The van der Waals surface area contributed by atoms with Gasteiger partial charge in [-0.2, -0.15) is 5.10 Å². The molecular weight excluding hydrogens is 220 g/mol. The molecule has 6 nitrogen and oxygen atoms in total. The fourth-order valence-corrected chi connectivity index (χ4v) is 2.70. The van der Waals surface area contributed by atoms with Crippen molar-refractivity contribution < 1.29 is 4.92 Å². The number of hydrogen-bond acceptors (Lipinski definition) is 4. The van der Waals surface area contributed by atoms with Crippen molar-refractivity contribution >= 4 is 11.5 Å². The molecule has 1 aromatic rings. The summed E-state index contributed by atoms with van der Waals surface area (Å²) in [5.41, 5.74) is 6.23. The molecule has 94 valence electrons. The summed E-state index contributed by atoms with van der Waals surface area (Å²) in [7, 11) is 0. The Hall–Kier alpha value is -1.59. The Balaban J connectivity index is 2.39. The Labute approximate surface area is 99.9 Å². The number of nitrogens with two attached hydrogens (primary N) is 1. The van der Waals surface area contributed by atoms with Crippen LogP contribution in [0.4, 0.5) is 11.5 Å². The average molecular weight is 238 g/mol. The van der Waals surface area contributed by atoms with Gasteiger partial charge in [0.1, 0.15) is 5.69 Å². The second kappa shape index (κ2) is 4.35. The molecule has 2 unspecified atom stereocenters. The van der Waals surface area contributed by atoms with Gasteiger partial charge in [0.25, 0.3) is 0 Å². The molecule has 0 saturated heterocycles. The van der Waals surface area contributed by atoms with Crippen molar-refractivity contribution in [1.29, 1.82) is 0 Å². The third kappa shape index (κ3) is 1.99. The largest absolute Gasteiger partial charge is 0.378 e. The molecule has 0 bridgehead atoms. The van der Waals surface area contributed by atoms with Gasteiger partial charge >= 0.3 is 5.69 Å². The lowest BCUT2D eigenvalue weighted by Gasteiger charge is -2.29. The Morgan fingerprint density at radius 2 is 2.12 bits per heavy atom. The SMILES string of the molecule is Cc1nn(C2CCCCC2C)c(N)c1[N+](=O)[O-]. The van der Waals surface area contributed by atoms with Gasteiger partial charge in [-0.3, -0.25) is 10.1 Å². The molecule has 0 spiro atoms. The highest BCUT2D eigenvalue weighted by molar-refractivity contribution is 5.56. The van der Waals surface area contributed by atoms with Gasteiger partial charge in [0.2, 0.25) is 5.82 Å². The minimum absolute atomic E-state index is 0.0391. The number of nitrogens with zero attached hydrogens (tertiary/aromatic N) is 3. The fourth-order valence-electron chi connectivity index (χ4n) is 2.70. The molecule has 1 fully saturated rings. The van der Waals surface area contributed by atoms with Gasteiger partial charge in [0.15, 0.2) is 0 Å².